The molecule has 0 aromatic rings. The molecule has 0 aliphatic heterocycles. The molecule has 0 aliphatic carbocycles. The molecule has 4 heteroatoms. The molecular weight excluding hydrogens is 157 g/mol. The maximum atomic E-state index is 12.4. The van der Waals surface area contributed by atoms with Crippen LogP contribution < -0.4 is 0 Å². The number of rotatable bonds is 2. The Morgan fingerprint density at radius 1 is 1.09 bits per heavy atom. The number of halogens is 3. The van der Waals surface area contributed by atoms with Crippen molar-refractivity contribution < 1.29 is 17.9 Å². The van der Waals surface area contributed by atoms with Crippen molar-refractivity contribution in [2.24, 2.45) is 0 Å². The van der Waals surface area contributed by atoms with E-state index in [1.165, 1.54) is 20.8 Å². The van der Waals surface area contributed by atoms with Gasteiger partial charge in [0.1, 0.15) is 0 Å². The fourth-order valence-corrected chi connectivity index (χ4v) is 0.414. The van der Waals surface area contributed by atoms with Gasteiger partial charge < -0.3 is 4.74 Å². The molecule has 11 heavy (non-hydrogen) atoms. The Bertz CT molecular complexity index is 123. The molecular formula is C7H13F3O. The van der Waals surface area contributed by atoms with Crippen LogP contribution in [-0.2, 0) is 4.74 Å². The molecule has 0 amide bonds. The van der Waals surface area contributed by atoms with E-state index in [0.29, 0.717) is 6.92 Å². The van der Waals surface area contributed by atoms with Crippen molar-refractivity contribution in [2.75, 3.05) is 0 Å². The summed E-state index contributed by atoms with van der Waals surface area (Å²) in [4.78, 5) is 0. The van der Waals surface area contributed by atoms with Crippen molar-refractivity contribution in [1.82, 2.24) is 0 Å². The lowest BCUT2D eigenvalue weighted by Gasteiger charge is -2.25. The van der Waals surface area contributed by atoms with Crippen LogP contribution in [0.4, 0.5) is 13.2 Å². The maximum Gasteiger partial charge on any atom is 0.300 e. The van der Waals surface area contributed by atoms with Crippen LogP contribution in [0.1, 0.15) is 27.7 Å². The van der Waals surface area contributed by atoms with Gasteiger partial charge in [-0.2, -0.15) is 0 Å². The first kappa shape index (κ1) is 10.8. The second-order valence-electron chi connectivity index (χ2n) is 3.50. The maximum absolute atomic E-state index is 12.4. The van der Waals surface area contributed by atoms with E-state index in [0.717, 1.165) is 0 Å². The highest BCUT2D eigenvalue weighted by molar-refractivity contribution is 4.67. The summed E-state index contributed by atoms with van der Waals surface area (Å²) < 4.78 is 41.1. The predicted molar refractivity (Wildman–Crippen MR) is 36.4 cm³/mol. The van der Waals surface area contributed by atoms with E-state index in [1.54, 1.807) is 0 Å². The lowest BCUT2D eigenvalue weighted by Crippen LogP contribution is -2.35. The number of ether oxygens (including phenoxy) is 1. The highest BCUT2D eigenvalue weighted by Gasteiger charge is 2.37. The molecule has 68 valence electrons. The van der Waals surface area contributed by atoms with Crippen molar-refractivity contribution in [2.45, 2.75) is 45.6 Å². The van der Waals surface area contributed by atoms with Crippen LogP contribution in [-0.4, -0.2) is 17.9 Å². The van der Waals surface area contributed by atoms with E-state index in [9.17, 15) is 13.2 Å². The Morgan fingerprint density at radius 2 is 1.45 bits per heavy atom. The van der Waals surface area contributed by atoms with Crippen molar-refractivity contribution in [3.63, 3.8) is 0 Å². The first-order valence-corrected chi connectivity index (χ1v) is 3.32. The summed E-state index contributed by atoms with van der Waals surface area (Å²) in [5, 5.41) is 0. The fraction of sp³-hybridized carbons (Fsp3) is 1.00. The SMILES string of the molecule is CC(C)(C)OC(F)C(C)(F)F. The van der Waals surface area contributed by atoms with E-state index >= 15 is 0 Å². The minimum absolute atomic E-state index is 0.489. The van der Waals surface area contributed by atoms with Gasteiger partial charge in [-0.15, -0.1) is 0 Å². The predicted octanol–water partition coefficient (Wildman–Crippen LogP) is 2.75. The Kier molecular flexibility index (Phi) is 2.94. The van der Waals surface area contributed by atoms with Crippen LogP contribution >= 0.6 is 0 Å². The average Bonchev–Trinajstić information content (AvgIpc) is 1.56. The molecule has 0 aromatic carbocycles. The normalized spacial score (nSPS) is 16.6. The van der Waals surface area contributed by atoms with Crippen molar-refractivity contribution >= 4 is 0 Å². The molecule has 0 heterocycles. The Labute approximate surface area is 64.5 Å². The third-order valence-electron chi connectivity index (χ3n) is 0.856. The third kappa shape index (κ3) is 5.07. The lowest BCUT2D eigenvalue weighted by atomic mass is 10.2. The summed E-state index contributed by atoms with van der Waals surface area (Å²) >= 11 is 0. The van der Waals surface area contributed by atoms with Crippen LogP contribution in [0.5, 0.6) is 0 Å². The van der Waals surface area contributed by atoms with Crippen LogP contribution in [0.15, 0.2) is 0 Å². The van der Waals surface area contributed by atoms with E-state index < -0.39 is 17.9 Å². The molecule has 0 fully saturated rings. The smallest absolute Gasteiger partial charge is 0.300 e. The number of hydrogen-bond acceptors (Lipinski definition) is 1. The zero-order valence-corrected chi connectivity index (χ0v) is 7.12. The Morgan fingerprint density at radius 3 is 1.55 bits per heavy atom. The zero-order valence-electron chi connectivity index (χ0n) is 7.12. The lowest BCUT2D eigenvalue weighted by molar-refractivity contribution is -0.225. The van der Waals surface area contributed by atoms with E-state index in [2.05, 4.69) is 4.74 Å². The van der Waals surface area contributed by atoms with Gasteiger partial charge in [0.05, 0.1) is 5.60 Å². The molecule has 0 radical (unpaired) electrons. The van der Waals surface area contributed by atoms with Gasteiger partial charge in [-0.25, -0.2) is 13.2 Å². The van der Waals surface area contributed by atoms with Gasteiger partial charge in [0.2, 0.25) is 0 Å². The van der Waals surface area contributed by atoms with E-state index in [-0.39, 0.29) is 0 Å². The monoisotopic (exact) mass is 170 g/mol. The molecule has 0 rings (SSSR count). The van der Waals surface area contributed by atoms with E-state index in [1.807, 2.05) is 0 Å². The minimum atomic E-state index is -3.42. The molecule has 1 atom stereocenters. The second-order valence-corrected chi connectivity index (χ2v) is 3.50. The van der Waals surface area contributed by atoms with E-state index in [4.69, 9.17) is 0 Å². The number of alkyl halides is 3. The molecule has 0 N–H and O–H groups in total. The highest BCUT2D eigenvalue weighted by Crippen LogP contribution is 2.25. The number of hydrogen-bond donors (Lipinski definition) is 0. The minimum Gasteiger partial charge on any atom is -0.338 e. The van der Waals surface area contributed by atoms with Crippen molar-refractivity contribution in [3.05, 3.63) is 0 Å². The zero-order chi connectivity index (χ0) is 9.28. The van der Waals surface area contributed by atoms with Gasteiger partial charge in [0, 0.05) is 6.92 Å². The first-order valence-electron chi connectivity index (χ1n) is 3.32. The Balaban J connectivity index is 3.99. The summed E-state index contributed by atoms with van der Waals surface area (Å²) in [6.07, 6.45) is -2.53. The van der Waals surface area contributed by atoms with Crippen molar-refractivity contribution in [3.8, 4) is 0 Å². The molecule has 0 saturated carbocycles. The first-order chi connectivity index (χ1) is 4.63. The van der Waals surface area contributed by atoms with Crippen LogP contribution in [0.3, 0.4) is 0 Å². The van der Waals surface area contributed by atoms with Gasteiger partial charge in [0.25, 0.3) is 12.3 Å². The summed E-state index contributed by atoms with van der Waals surface area (Å²) in [7, 11) is 0. The molecule has 0 spiro atoms. The van der Waals surface area contributed by atoms with Crippen molar-refractivity contribution in [1.29, 1.82) is 0 Å². The standard InChI is InChI=1S/C7H13F3O/c1-6(2,3)11-5(8)7(4,9)10/h5H,1-4H3. The third-order valence-corrected chi connectivity index (χ3v) is 0.856. The fourth-order valence-electron chi connectivity index (χ4n) is 0.414. The van der Waals surface area contributed by atoms with Crippen LogP contribution in [0.25, 0.3) is 0 Å². The largest absolute Gasteiger partial charge is 0.338 e. The van der Waals surface area contributed by atoms with Gasteiger partial charge in [-0.3, -0.25) is 0 Å². The molecule has 0 bridgehead atoms. The van der Waals surface area contributed by atoms with Gasteiger partial charge in [0.15, 0.2) is 0 Å². The molecule has 0 saturated heterocycles. The molecule has 1 nitrogen and oxygen atoms in total. The molecule has 0 aromatic heterocycles. The summed E-state index contributed by atoms with van der Waals surface area (Å²) in [5.41, 5.74) is -0.876. The quantitative estimate of drug-likeness (QED) is 0.619. The van der Waals surface area contributed by atoms with Gasteiger partial charge >= 0.3 is 0 Å². The van der Waals surface area contributed by atoms with Gasteiger partial charge in [-0.1, -0.05) is 0 Å². The van der Waals surface area contributed by atoms with Crippen LogP contribution in [0.2, 0.25) is 0 Å². The average molecular weight is 170 g/mol. The summed E-state index contributed by atoms with van der Waals surface area (Å²) in [6, 6.07) is 0. The topological polar surface area (TPSA) is 9.23 Å². The molecule has 0 aliphatic rings. The Hall–Kier alpha value is -0.250. The van der Waals surface area contributed by atoms with Crippen LogP contribution in [0, 0.1) is 0 Å². The van der Waals surface area contributed by atoms with Gasteiger partial charge in [-0.05, 0) is 20.8 Å². The second kappa shape index (κ2) is 3.01. The summed E-state index contributed by atoms with van der Waals surface area (Å²) in [5.74, 6) is -3.42. The summed E-state index contributed by atoms with van der Waals surface area (Å²) in [6.45, 7) is 5.05. The molecule has 1 unspecified atom stereocenters. The highest BCUT2D eigenvalue weighted by atomic mass is 19.3.